The minimum absolute atomic E-state index is 0.00350. The summed E-state index contributed by atoms with van der Waals surface area (Å²) in [6.07, 6.45) is 1.11. The van der Waals surface area contributed by atoms with Gasteiger partial charge in [0.15, 0.2) is 5.75 Å². The Hall–Kier alpha value is -3.64. The van der Waals surface area contributed by atoms with Gasteiger partial charge in [0.05, 0.1) is 12.1 Å². The van der Waals surface area contributed by atoms with E-state index in [4.69, 9.17) is 9.47 Å². The Kier molecular flexibility index (Phi) is 5.15. The molecule has 1 aliphatic heterocycles. The SMILES string of the molecule is Cc1cc(OCC(F)F)c(Cn2cc3ccc(C#N)c(OC4CNC4)c3n2)c2cc[nH]c12. The molecule has 5 rings (SSSR count). The van der Waals surface area contributed by atoms with Crippen LogP contribution in [0.3, 0.4) is 0 Å². The van der Waals surface area contributed by atoms with Crippen LogP contribution in [0.15, 0.2) is 36.7 Å². The Bertz CT molecular complexity index is 1330. The summed E-state index contributed by atoms with van der Waals surface area (Å²) in [5.74, 6) is 0.879. The number of fused-ring (bicyclic) bond motifs is 2. The van der Waals surface area contributed by atoms with E-state index >= 15 is 0 Å². The summed E-state index contributed by atoms with van der Waals surface area (Å²) in [5, 5.41) is 19.1. The number of halogens is 2. The molecule has 1 saturated heterocycles. The lowest BCUT2D eigenvalue weighted by Gasteiger charge is -2.28. The molecule has 0 radical (unpaired) electrons. The minimum Gasteiger partial charge on any atom is -0.487 e. The van der Waals surface area contributed by atoms with Crippen LogP contribution in [0.2, 0.25) is 0 Å². The van der Waals surface area contributed by atoms with Crippen LogP contribution in [-0.4, -0.2) is 47.0 Å². The van der Waals surface area contributed by atoms with Crippen molar-refractivity contribution in [3.63, 3.8) is 0 Å². The smallest absolute Gasteiger partial charge is 0.272 e. The average molecular weight is 437 g/mol. The van der Waals surface area contributed by atoms with Crippen molar-refractivity contribution in [3.8, 4) is 17.6 Å². The summed E-state index contributed by atoms with van der Waals surface area (Å²) in [6, 6.07) is 9.41. The van der Waals surface area contributed by atoms with Gasteiger partial charge in [-0.15, -0.1) is 0 Å². The van der Waals surface area contributed by atoms with Gasteiger partial charge in [-0.25, -0.2) is 8.78 Å². The Morgan fingerprint density at radius 1 is 1.31 bits per heavy atom. The van der Waals surface area contributed by atoms with Crippen molar-refractivity contribution in [1.82, 2.24) is 20.1 Å². The number of nitrogens with one attached hydrogen (secondary N) is 2. The number of hydrogen-bond acceptors (Lipinski definition) is 5. The first-order valence-corrected chi connectivity index (χ1v) is 10.3. The predicted molar refractivity (Wildman–Crippen MR) is 115 cm³/mol. The van der Waals surface area contributed by atoms with Crippen molar-refractivity contribution >= 4 is 21.8 Å². The molecule has 4 aromatic rings. The fourth-order valence-electron chi connectivity index (χ4n) is 3.95. The van der Waals surface area contributed by atoms with Gasteiger partial charge in [0.1, 0.15) is 30.0 Å². The van der Waals surface area contributed by atoms with Gasteiger partial charge in [0.2, 0.25) is 0 Å². The molecule has 2 aromatic carbocycles. The summed E-state index contributed by atoms with van der Waals surface area (Å²) in [4.78, 5) is 3.20. The molecule has 9 heteroatoms. The highest BCUT2D eigenvalue weighted by molar-refractivity contribution is 5.89. The third-order valence-electron chi connectivity index (χ3n) is 5.62. The third-order valence-corrected chi connectivity index (χ3v) is 5.62. The molecule has 3 heterocycles. The topological polar surface area (TPSA) is 87.9 Å². The zero-order valence-corrected chi connectivity index (χ0v) is 17.4. The van der Waals surface area contributed by atoms with Crippen LogP contribution >= 0.6 is 0 Å². The van der Waals surface area contributed by atoms with Crippen molar-refractivity contribution < 1.29 is 18.3 Å². The lowest BCUT2D eigenvalue weighted by molar-refractivity contribution is 0.0814. The molecule has 0 atom stereocenters. The van der Waals surface area contributed by atoms with Crippen LogP contribution < -0.4 is 14.8 Å². The fourth-order valence-corrected chi connectivity index (χ4v) is 3.95. The minimum atomic E-state index is -2.57. The standard InChI is InChI=1S/C23H21F2N5O2/c1-13-6-19(31-12-20(24)25)18(17-4-5-28-21(13)17)11-30-10-15-3-2-14(7-26)23(22(15)29-30)32-16-8-27-9-16/h2-6,10,16,20,27-28H,8-9,11-12H2,1H3. The highest BCUT2D eigenvalue weighted by Crippen LogP contribution is 2.34. The molecule has 2 aromatic heterocycles. The molecule has 0 amide bonds. The molecule has 0 bridgehead atoms. The Morgan fingerprint density at radius 2 is 2.16 bits per heavy atom. The molecule has 7 nitrogen and oxygen atoms in total. The molecule has 164 valence electrons. The van der Waals surface area contributed by atoms with Crippen LogP contribution in [0.5, 0.6) is 11.5 Å². The summed E-state index contributed by atoms with van der Waals surface area (Å²) < 4.78 is 38.9. The van der Waals surface area contributed by atoms with Crippen LogP contribution in [0.1, 0.15) is 16.7 Å². The van der Waals surface area contributed by atoms with E-state index in [0.29, 0.717) is 29.1 Å². The van der Waals surface area contributed by atoms with E-state index in [1.165, 1.54) is 0 Å². The average Bonchev–Trinajstić information content (AvgIpc) is 3.38. The second-order valence-corrected chi connectivity index (χ2v) is 7.86. The third kappa shape index (κ3) is 3.63. The summed E-state index contributed by atoms with van der Waals surface area (Å²) in [5.41, 5.74) is 3.62. The Morgan fingerprint density at radius 3 is 2.88 bits per heavy atom. The number of aryl methyl sites for hydroxylation is 1. The number of hydrogen-bond donors (Lipinski definition) is 2. The lowest BCUT2D eigenvalue weighted by Crippen LogP contribution is -2.50. The summed E-state index contributed by atoms with van der Waals surface area (Å²) in [7, 11) is 0. The van der Waals surface area contributed by atoms with Gasteiger partial charge in [-0.05, 0) is 36.8 Å². The first kappa shape index (κ1) is 20.3. The number of aromatic amines is 1. The van der Waals surface area contributed by atoms with Crippen LogP contribution in [0, 0.1) is 18.3 Å². The predicted octanol–water partition coefficient (Wildman–Crippen LogP) is 3.74. The molecule has 1 aliphatic rings. The maximum absolute atomic E-state index is 12.8. The van der Waals surface area contributed by atoms with Crippen molar-refractivity contribution in [2.75, 3.05) is 19.7 Å². The molecule has 2 N–H and O–H groups in total. The number of ether oxygens (including phenoxy) is 2. The molecule has 0 unspecified atom stereocenters. The van der Waals surface area contributed by atoms with Gasteiger partial charge in [-0.1, -0.05) is 0 Å². The van der Waals surface area contributed by atoms with E-state index in [1.807, 2.05) is 31.5 Å². The lowest BCUT2D eigenvalue weighted by atomic mass is 10.0. The maximum atomic E-state index is 12.8. The highest BCUT2D eigenvalue weighted by atomic mass is 19.3. The van der Waals surface area contributed by atoms with Gasteiger partial charge < -0.3 is 19.8 Å². The number of nitrogens with zero attached hydrogens (tertiary/aromatic N) is 3. The van der Waals surface area contributed by atoms with Gasteiger partial charge >= 0.3 is 0 Å². The van der Waals surface area contributed by atoms with Crippen LogP contribution in [-0.2, 0) is 6.54 Å². The van der Waals surface area contributed by atoms with Crippen molar-refractivity contribution in [2.24, 2.45) is 0 Å². The molecular formula is C23H21F2N5O2. The number of H-pyrrole nitrogens is 1. The fraction of sp³-hybridized carbons (Fsp3) is 0.304. The van der Waals surface area contributed by atoms with Gasteiger partial charge in [0.25, 0.3) is 6.43 Å². The van der Waals surface area contributed by atoms with Gasteiger partial charge in [-0.3, -0.25) is 4.68 Å². The molecular weight excluding hydrogens is 416 g/mol. The van der Waals surface area contributed by atoms with Crippen LogP contribution in [0.4, 0.5) is 8.78 Å². The van der Waals surface area contributed by atoms with Crippen molar-refractivity contribution in [1.29, 1.82) is 5.26 Å². The highest BCUT2D eigenvalue weighted by Gasteiger charge is 2.23. The van der Waals surface area contributed by atoms with Crippen molar-refractivity contribution in [2.45, 2.75) is 26.0 Å². The van der Waals surface area contributed by atoms with E-state index in [9.17, 15) is 14.0 Å². The number of benzene rings is 2. The number of aromatic nitrogens is 3. The largest absolute Gasteiger partial charge is 0.487 e. The first-order chi connectivity index (χ1) is 15.5. The Labute approximate surface area is 182 Å². The summed E-state index contributed by atoms with van der Waals surface area (Å²) in [6.45, 7) is 2.99. The van der Waals surface area contributed by atoms with Gasteiger partial charge in [0, 0.05) is 47.3 Å². The molecule has 32 heavy (non-hydrogen) atoms. The van der Waals surface area contributed by atoms with E-state index < -0.39 is 13.0 Å². The maximum Gasteiger partial charge on any atom is 0.272 e. The first-order valence-electron chi connectivity index (χ1n) is 10.3. The molecule has 0 spiro atoms. The summed E-state index contributed by atoms with van der Waals surface area (Å²) >= 11 is 0. The number of alkyl halides is 2. The number of rotatable bonds is 7. The monoisotopic (exact) mass is 437 g/mol. The van der Waals surface area contributed by atoms with Gasteiger partial charge in [-0.2, -0.15) is 10.4 Å². The molecule has 0 aliphatic carbocycles. The second kappa shape index (κ2) is 8.13. The van der Waals surface area contributed by atoms with E-state index in [-0.39, 0.29) is 6.10 Å². The molecule has 1 fully saturated rings. The van der Waals surface area contributed by atoms with E-state index in [2.05, 4.69) is 21.5 Å². The normalized spacial score (nSPS) is 14.1. The van der Waals surface area contributed by atoms with E-state index in [0.717, 1.165) is 40.5 Å². The molecule has 0 saturated carbocycles. The number of nitriles is 1. The quantitative estimate of drug-likeness (QED) is 0.460. The van der Waals surface area contributed by atoms with Crippen molar-refractivity contribution in [3.05, 3.63) is 53.3 Å². The van der Waals surface area contributed by atoms with E-state index in [1.54, 1.807) is 16.8 Å². The second-order valence-electron chi connectivity index (χ2n) is 7.86. The zero-order chi connectivity index (χ0) is 22.2. The Balaban J connectivity index is 1.56. The zero-order valence-electron chi connectivity index (χ0n) is 17.4. The van der Waals surface area contributed by atoms with Crippen LogP contribution in [0.25, 0.3) is 21.8 Å².